The molecule has 1 heterocycles. The molecular weight excluding hydrogens is 220 g/mol. The summed E-state index contributed by atoms with van der Waals surface area (Å²) >= 11 is 0. The van der Waals surface area contributed by atoms with Crippen molar-refractivity contribution in [2.75, 3.05) is 26.2 Å². The molecule has 2 atom stereocenters. The topological polar surface area (TPSA) is 15.3 Å². The fourth-order valence-corrected chi connectivity index (χ4v) is 3.90. The van der Waals surface area contributed by atoms with Crippen LogP contribution in [0, 0.1) is 11.8 Å². The molecule has 0 aromatic carbocycles. The molecule has 1 N–H and O–H groups in total. The Balaban J connectivity index is 1.62. The molecular formula is C16H32N2. The Labute approximate surface area is 114 Å². The quantitative estimate of drug-likeness (QED) is 0.826. The summed E-state index contributed by atoms with van der Waals surface area (Å²) in [6.45, 7) is 9.96. The van der Waals surface area contributed by atoms with E-state index in [9.17, 15) is 0 Å². The second-order valence-corrected chi connectivity index (χ2v) is 6.82. The van der Waals surface area contributed by atoms with E-state index in [1.54, 1.807) is 0 Å². The van der Waals surface area contributed by atoms with Gasteiger partial charge in [0.05, 0.1) is 0 Å². The number of hydrogen-bond donors (Lipinski definition) is 1. The molecule has 18 heavy (non-hydrogen) atoms. The molecule has 2 heteroatoms. The highest BCUT2D eigenvalue weighted by molar-refractivity contribution is 4.80. The largest absolute Gasteiger partial charge is 0.313 e. The van der Waals surface area contributed by atoms with Crippen molar-refractivity contribution in [1.82, 2.24) is 10.2 Å². The van der Waals surface area contributed by atoms with Gasteiger partial charge in [0, 0.05) is 19.1 Å². The summed E-state index contributed by atoms with van der Waals surface area (Å²) < 4.78 is 0. The monoisotopic (exact) mass is 252 g/mol. The zero-order valence-electron chi connectivity index (χ0n) is 12.5. The molecule has 1 saturated carbocycles. The lowest BCUT2D eigenvalue weighted by Crippen LogP contribution is -2.41. The molecule has 0 bridgehead atoms. The maximum atomic E-state index is 3.81. The van der Waals surface area contributed by atoms with Crippen LogP contribution in [0.4, 0.5) is 0 Å². The highest BCUT2D eigenvalue weighted by Crippen LogP contribution is 2.28. The Morgan fingerprint density at radius 3 is 2.11 bits per heavy atom. The van der Waals surface area contributed by atoms with Crippen molar-refractivity contribution in [1.29, 1.82) is 0 Å². The van der Waals surface area contributed by atoms with Gasteiger partial charge in [-0.15, -0.1) is 0 Å². The highest BCUT2D eigenvalue weighted by Gasteiger charge is 2.23. The molecule has 1 saturated heterocycles. The van der Waals surface area contributed by atoms with Crippen molar-refractivity contribution in [3.05, 3.63) is 0 Å². The van der Waals surface area contributed by atoms with Gasteiger partial charge in [-0.3, -0.25) is 0 Å². The van der Waals surface area contributed by atoms with Crippen LogP contribution >= 0.6 is 0 Å². The van der Waals surface area contributed by atoms with E-state index in [-0.39, 0.29) is 0 Å². The predicted molar refractivity (Wildman–Crippen MR) is 78.9 cm³/mol. The summed E-state index contributed by atoms with van der Waals surface area (Å²) in [6.07, 6.45) is 9.94. The first-order valence-electron chi connectivity index (χ1n) is 8.20. The number of nitrogens with one attached hydrogen (secondary N) is 1. The second kappa shape index (κ2) is 7.49. The molecule has 2 rings (SSSR count). The maximum absolute atomic E-state index is 3.81. The molecule has 0 aromatic rings. The molecule has 2 fully saturated rings. The molecule has 2 nitrogen and oxygen atoms in total. The van der Waals surface area contributed by atoms with Crippen molar-refractivity contribution < 1.29 is 0 Å². The minimum Gasteiger partial charge on any atom is -0.313 e. The van der Waals surface area contributed by atoms with Crippen molar-refractivity contribution in [3.8, 4) is 0 Å². The number of nitrogens with zero attached hydrogens (tertiary/aromatic N) is 1. The molecule has 2 aliphatic rings. The minimum absolute atomic E-state index is 0.788. The average Bonchev–Trinajstić information content (AvgIpc) is 2.56. The van der Waals surface area contributed by atoms with Crippen molar-refractivity contribution in [2.45, 2.75) is 64.8 Å². The first-order valence-corrected chi connectivity index (χ1v) is 8.20. The van der Waals surface area contributed by atoms with E-state index in [4.69, 9.17) is 0 Å². The van der Waals surface area contributed by atoms with Crippen LogP contribution in [0.2, 0.25) is 0 Å². The standard InChI is InChI=1S/C16H32N2/c1-14-11-15(2)13-16(12-14)17-7-10-18-8-5-3-4-6-9-18/h14-17H,3-13H2,1-2H3. The number of rotatable bonds is 4. The van der Waals surface area contributed by atoms with Crippen molar-refractivity contribution >= 4 is 0 Å². The zero-order chi connectivity index (χ0) is 12.8. The SMILES string of the molecule is CC1CC(C)CC(NCCN2CCCCCC2)C1. The molecule has 106 valence electrons. The minimum atomic E-state index is 0.788. The summed E-state index contributed by atoms with van der Waals surface area (Å²) in [5.74, 6) is 1.84. The van der Waals surface area contributed by atoms with Gasteiger partial charge in [-0.2, -0.15) is 0 Å². The molecule has 0 amide bonds. The Bertz CT molecular complexity index is 211. The first kappa shape index (κ1) is 14.3. The zero-order valence-corrected chi connectivity index (χ0v) is 12.5. The number of likely N-dealkylation sites (tertiary alicyclic amines) is 1. The van der Waals surface area contributed by atoms with E-state index in [1.807, 2.05) is 0 Å². The molecule has 1 aliphatic heterocycles. The van der Waals surface area contributed by atoms with Crippen molar-refractivity contribution in [2.24, 2.45) is 11.8 Å². The van der Waals surface area contributed by atoms with Crippen LogP contribution in [-0.4, -0.2) is 37.1 Å². The Hall–Kier alpha value is -0.0800. The second-order valence-electron chi connectivity index (χ2n) is 6.82. The van der Waals surface area contributed by atoms with Crippen LogP contribution in [0.15, 0.2) is 0 Å². The van der Waals surface area contributed by atoms with Gasteiger partial charge >= 0.3 is 0 Å². The van der Waals surface area contributed by atoms with Gasteiger partial charge in [0.15, 0.2) is 0 Å². The van der Waals surface area contributed by atoms with Crippen molar-refractivity contribution in [3.63, 3.8) is 0 Å². The van der Waals surface area contributed by atoms with Crippen LogP contribution in [0.25, 0.3) is 0 Å². The summed E-state index contributed by atoms with van der Waals surface area (Å²) in [4.78, 5) is 2.66. The maximum Gasteiger partial charge on any atom is 0.0107 e. The van der Waals surface area contributed by atoms with Gasteiger partial charge < -0.3 is 10.2 Å². The normalized spacial score (nSPS) is 35.3. The lowest BCUT2D eigenvalue weighted by Gasteiger charge is -2.32. The van der Waals surface area contributed by atoms with E-state index in [0.29, 0.717) is 0 Å². The molecule has 0 spiro atoms. The van der Waals surface area contributed by atoms with Crippen LogP contribution < -0.4 is 5.32 Å². The molecule has 2 unspecified atom stereocenters. The van der Waals surface area contributed by atoms with Crippen LogP contribution in [-0.2, 0) is 0 Å². The van der Waals surface area contributed by atoms with E-state index in [2.05, 4.69) is 24.1 Å². The lowest BCUT2D eigenvalue weighted by molar-refractivity contribution is 0.224. The van der Waals surface area contributed by atoms with Gasteiger partial charge in [0.25, 0.3) is 0 Å². The third-order valence-electron chi connectivity index (χ3n) is 4.74. The highest BCUT2D eigenvalue weighted by atomic mass is 15.1. The van der Waals surface area contributed by atoms with E-state index < -0.39 is 0 Å². The average molecular weight is 252 g/mol. The number of hydrogen-bond acceptors (Lipinski definition) is 2. The van der Waals surface area contributed by atoms with Crippen LogP contribution in [0.5, 0.6) is 0 Å². The Kier molecular flexibility index (Phi) is 5.97. The van der Waals surface area contributed by atoms with Gasteiger partial charge in [-0.05, 0) is 57.0 Å². The van der Waals surface area contributed by atoms with Crippen LogP contribution in [0.1, 0.15) is 58.8 Å². The third kappa shape index (κ3) is 4.89. The van der Waals surface area contributed by atoms with E-state index in [0.717, 1.165) is 17.9 Å². The third-order valence-corrected chi connectivity index (χ3v) is 4.74. The molecule has 0 aromatic heterocycles. The molecule has 0 radical (unpaired) electrons. The van der Waals surface area contributed by atoms with E-state index >= 15 is 0 Å². The smallest absolute Gasteiger partial charge is 0.0107 e. The first-order chi connectivity index (χ1) is 8.74. The van der Waals surface area contributed by atoms with Gasteiger partial charge in [-0.1, -0.05) is 26.7 Å². The van der Waals surface area contributed by atoms with Gasteiger partial charge in [-0.25, -0.2) is 0 Å². The lowest BCUT2D eigenvalue weighted by atomic mass is 9.80. The summed E-state index contributed by atoms with van der Waals surface area (Å²) in [6, 6.07) is 0.788. The van der Waals surface area contributed by atoms with Gasteiger partial charge in [0.1, 0.15) is 0 Å². The molecule has 1 aliphatic carbocycles. The van der Waals surface area contributed by atoms with Crippen LogP contribution in [0.3, 0.4) is 0 Å². The summed E-state index contributed by atoms with van der Waals surface area (Å²) in [5, 5.41) is 3.81. The van der Waals surface area contributed by atoms with E-state index in [1.165, 1.54) is 71.1 Å². The fraction of sp³-hybridized carbons (Fsp3) is 1.00. The Morgan fingerprint density at radius 1 is 0.889 bits per heavy atom. The Morgan fingerprint density at radius 2 is 1.50 bits per heavy atom. The summed E-state index contributed by atoms with van der Waals surface area (Å²) in [7, 11) is 0. The van der Waals surface area contributed by atoms with Gasteiger partial charge in [0.2, 0.25) is 0 Å². The fourth-order valence-electron chi connectivity index (χ4n) is 3.90. The predicted octanol–water partition coefficient (Wildman–Crippen LogP) is 3.28. The summed E-state index contributed by atoms with van der Waals surface area (Å²) in [5.41, 5.74) is 0.